The number of carbonyl (C=O) groups is 2. The van der Waals surface area contributed by atoms with Crippen LogP contribution in [0, 0.1) is 0 Å². The zero-order valence-electron chi connectivity index (χ0n) is 13.4. The van der Waals surface area contributed by atoms with Crippen LogP contribution in [0.1, 0.15) is 23.2 Å². The van der Waals surface area contributed by atoms with Crippen LogP contribution in [-0.4, -0.2) is 63.3 Å². The summed E-state index contributed by atoms with van der Waals surface area (Å²) in [5, 5.41) is 0. The minimum atomic E-state index is -3.53. The Morgan fingerprint density at radius 1 is 1.22 bits per heavy atom. The molecule has 1 aliphatic rings. The van der Waals surface area contributed by atoms with Gasteiger partial charge in [-0.05, 0) is 37.1 Å². The Balaban J connectivity index is 2.23. The molecule has 1 aliphatic heterocycles. The monoisotopic (exact) mass is 340 g/mol. The van der Waals surface area contributed by atoms with E-state index in [9.17, 15) is 18.0 Å². The average Bonchev–Trinajstić information content (AvgIpc) is 3.03. The SMILES string of the molecule is COC(=O)[C@@H]1CCCN1C(=O)c1ccc(S(=O)(=O)N(C)C)cc1. The van der Waals surface area contributed by atoms with Crippen molar-refractivity contribution in [1.29, 1.82) is 0 Å². The zero-order chi connectivity index (χ0) is 17.2. The second-order valence-electron chi connectivity index (χ2n) is 5.49. The summed E-state index contributed by atoms with van der Waals surface area (Å²) >= 11 is 0. The van der Waals surface area contributed by atoms with E-state index in [4.69, 9.17) is 4.74 Å². The maximum atomic E-state index is 12.5. The van der Waals surface area contributed by atoms with Gasteiger partial charge < -0.3 is 9.64 Å². The molecule has 0 aliphatic carbocycles. The summed E-state index contributed by atoms with van der Waals surface area (Å²) in [6.45, 7) is 0.482. The lowest BCUT2D eigenvalue weighted by Crippen LogP contribution is -2.41. The quantitative estimate of drug-likeness (QED) is 0.754. The fraction of sp³-hybridized carbons (Fsp3) is 0.467. The third kappa shape index (κ3) is 3.37. The molecule has 0 spiro atoms. The number of carbonyl (C=O) groups excluding carboxylic acids is 2. The van der Waals surface area contributed by atoms with Gasteiger partial charge in [0.05, 0.1) is 12.0 Å². The van der Waals surface area contributed by atoms with Crippen molar-refractivity contribution in [3.05, 3.63) is 29.8 Å². The van der Waals surface area contributed by atoms with E-state index in [1.807, 2.05) is 0 Å². The van der Waals surface area contributed by atoms with Crippen LogP contribution in [0.3, 0.4) is 0 Å². The molecule has 1 heterocycles. The van der Waals surface area contributed by atoms with E-state index in [-0.39, 0.29) is 10.8 Å². The van der Waals surface area contributed by atoms with E-state index < -0.39 is 22.0 Å². The van der Waals surface area contributed by atoms with Crippen LogP contribution in [-0.2, 0) is 19.6 Å². The smallest absolute Gasteiger partial charge is 0.328 e. The van der Waals surface area contributed by atoms with Gasteiger partial charge in [-0.15, -0.1) is 0 Å². The van der Waals surface area contributed by atoms with Gasteiger partial charge in [-0.1, -0.05) is 0 Å². The van der Waals surface area contributed by atoms with Crippen LogP contribution >= 0.6 is 0 Å². The van der Waals surface area contributed by atoms with Crippen molar-refractivity contribution in [2.75, 3.05) is 27.7 Å². The molecule has 1 aromatic rings. The van der Waals surface area contributed by atoms with Crippen molar-refractivity contribution in [2.45, 2.75) is 23.8 Å². The fourth-order valence-corrected chi connectivity index (χ4v) is 3.44. The molecule has 1 fully saturated rings. The van der Waals surface area contributed by atoms with Crippen molar-refractivity contribution in [2.24, 2.45) is 0 Å². The molecular formula is C15H20N2O5S. The first-order chi connectivity index (χ1) is 10.8. The normalized spacial score (nSPS) is 18.3. The lowest BCUT2D eigenvalue weighted by Gasteiger charge is -2.22. The summed E-state index contributed by atoms with van der Waals surface area (Å²) in [7, 11) is 0.652. The average molecular weight is 340 g/mol. The second kappa shape index (κ2) is 6.67. The molecule has 0 saturated carbocycles. The van der Waals surface area contributed by atoms with E-state index in [1.54, 1.807) is 0 Å². The van der Waals surface area contributed by atoms with Gasteiger partial charge in [0.2, 0.25) is 10.0 Å². The third-order valence-corrected chi connectivity index (χ3v) is 5.70. The largest absolute Gasteiger partial charge is 0.467 e. The van der Waals surface area contributed by atoms with E-state index in [0.717, 1.165) is 10.7 Å². The number of ether oxygens (including phenoxy) is 1. The van der Waals surface area contributed by atoms with E-state index >= 15 is 0 Å². The predicted octanol–water partition coefficient (Wildman–Crippen LogP) is 0.715. The first-order valence-corrected chi connectivity index (χ1v) is 8.64. The van der Waals surface area contributed by atoms with Crippen LogP contribution in [0.25, 0.3) is 0 Å². The maximum absolute atomic E-state index is 12.5. The van der Waals surface area contributed by atoms with Gasteiger partial charge in [-0.2, -0.15) is 0 Å². The van der Waals surface area contributed by atoms with Crippen molar-refractivity contribution in [1.82, 2.24) is 9.21 Å². The highest BCUT2D eigenvalue weighted by Crippen LogP contribution is 2.22. The van der Waals surface area contributed by atoms with Crippen molar-refractivity contribution < 1.29 is 22.7 Å². The van der Waals surface area contributed by atoms with Gasteiger partial charge in [0.1, 0.15) is 6.04 Å². The maximum Gasteiger partial charge on any atom is 0.328 e. The van der Waals surface area contributed by atoms with Crippen LogP contribution in [0.2, 0.25) is 0 Å². The molecule has 8 heteroatoms. The molecule has 0 radical (unpaired) electrons. The number of amides is 1. The van der Waals surface area contributed by atoms with E-state index in [1.165, 1.54) is 50.4 Å². The summed E-state index contributed by atoms with van der Waals surface area (Å²) < 4.78 is 29.9. The molecular weight excluding hydrogens is 320 g/mol. The van der Waals surface area contributed by atoms with Gasteiger partial charge in [0.25, 0.3) is 5.91 Å². The number of rotatable bonds is 4. The zero-order valence-corrected chi connectivity index (χ0v) is 14.2. The van der Waals surface area contributed by atoms with Crippen LogP contribution in [0.15, 0.2) is 29.2 Å². The lowest BCUT2D eigenvalue weighted by atomic mass is 10.1. The molecule has 0 bridgehead atoms. The summed E-state index contributed by atoms with van der Waals surface area (Å²) in [5.74, 6) is -0.727. The molecule has 1 amide bonds. The minimum absolute atomic E-state index is 0.116. The van der Waals surface area contributed by atoms with Crippen molar-refractivity contribution >= 4 is 21.9 Å². The van der Waals surface area contributed by atoms with Crippen LogP contribution in [0.4, 0.5) is 0 Å². The standard InChI is InChI=1S/C15H20N2O5S/c1-16(2)23(20,21)12-8-6-11(7-9-12)14(18)17-10-4-5-13(17)15(19)22-3/h6-9,13H,4-5,10H2,1-3H3/t13-/m0/s1. The molecule has 1 saturated heterocycles. The molecule has 1 aromatic carbocycles. The van der Waals surface area contributed by atoms with Gasteiger partial charge >= 0.3 is 5.97 Å². The van der Waals surface area contributed by atoms with Gasteiger partial charge in [0, 0.05) is 26.2 Å². The molecule has 7 nitrogen and oxygen atoms in total. The highest BCUT2D eigenvalue weighted by molar-refractivity contribution is 7.89. The van der Waals surface area contributed by atoms with Crippen molar-refractivity contribution in [3.63, 3.8) is 0 Å². The number of esters is 1. The topological polar surface area (TPSA) is 84.0 Å². The Morgan fingerprint density at radius 2 is 1.83 bits per heavy atom. The molecule has 0 unspecified atom stereocenters. The number of hydrogen-bond acceptors (Lipinski definition) is 5. The summed E-state index contributed by atoms with van der Waals surface area (Å²) in [6.07, 6.45) is 1.31. The number of nitrogens with zero attached hydrogens (tertiary/aromatic N) is 2. The van der Waals surface area contributed by atoms with Crippen LogP contribution in [0.5, 0.6) is 0 Å². The predicted molar refractivity (Wildman–Crippen MR) is 83.4 cm³/mol. The Hall–Kier alpha value is -1.93. The van der Waals surface area contributed by atoms with E-state index in [0.29, 0.717) is 18.5 Å². The number of benzene rings is 1. The summed E-state index contributed by atoms with van der Waals surface area (Å²) in [5.41, 5.74) is 0.346. The van der Waals surface area contributed by atoms with E-state index in [2.05, 4.69) is 0 Å². The minimum Gasteiger partial charge on any atom is -0.467 e. The molecule has 2 rings (SSSR count). The molecule has 126 valence electrons. The number of methoxy groups -OCH3 is 1. The third-order valence-electron chi connectivity index (χ3n) is 3.87. The molecule has 1 atom stereocenters. The number of sulfonamides is 1. The highest BCUT2D eigenvalue weighted by Gasteiger charge is 2.35. The van der Waals surface area contributed by atoms with Gasteiger partial charge in [-0.25, -0.2) is 17.5 Å². The Kier molecular flexibility index (Phi) is 5.06. The molecule has 23 heavy (non-hydrogen) atoms. The Morgan fingerprint density at radius 3 is 2.35 bits per heavy atom. The van der Waals surface area contributed by atoms with Crippen molar-refractivity contribution in [3.8, 4) is 0 Å². The Labute approximate surface area is 135 Å². The number of hydrogen-bond donors (Lipinski definition) is 0. The van der Waals surface area contributed by atoms with Gasteiger partial charge in [0.15, 0.2) is 0 Å². The molecule has 0 aromatic heterocycles. The second-order valence-corrected chi connectivity index (χ2v) is 7.64. The Bertz CT molecular complexity index is 697. The fourth-order valence-electron chi connectivity index (χ4n) is 2.54. The lowest BCUT2D eigenvalue weighted by molar-refractivity contribution is -0.145. The number of likely N-dealkylation sites (tertiary alicyclic amines) is 1. The summed E-state index contributed by atoms with van der Waals surface area (Å²) in [4.78, 5) is 25.8. The van der Waals surface area contributed by atoms with Gasteiger partial charge in [-0.3, -0.25) is 4.79 Å². The first kappa shape index (κ1) is 17.4. The summed E-state index contributed by atoms with van der Waals surface area (Å²) in [6, 6.07) is 5.15. The highest BCUT2D eigenvalue weighted by atomic mass is 32.2. The molecule has 0 N–H and O–H groups in total. The first-order valence-electron chi connectivity index (χ1n) is 7.20. The van der Waals surface area contributed by atoms with Crippen LogP contribution < -0.4 is 0 Å².